The van der Waals surface area contributed by atoms with Gasteiger partial charge in [-0.3, -0.25) is 9.59 Å². The van der Waals surface area contributed by atoms with E-state index >= 15 is 0 Å². The van der Waals surface area contributed by atoms with Gasteiger partial charge in [0.15, 0.2) is 5.79 Å². The smallest absolute Gasteiger partial charge is 0.407 e. The zero-order valence-corrected chi connectivity index (χ0v) is 35.3. The third-order valence-electron chi connectivity index (χ3n) is 11.7. The molecule has 3 aliphatic rings. The highest BCUT2D eigenvalue weighted by atomic mass is 16.7. The minimum absolute atomic E-state index is 0.161. The molecule has 3 saturated heterocycles. The Bertz CT molecular complexity index is 2170. The molecule has 4 aromatic rings. The number of carbonyl (C=O) groups is 4. The number of carbonyl (C=O) groups excluding carboxylic acids is 3. The van der Waals surface area contributed by atoms with Gasteiger partial charge in [-0.25, -0.2) is 19.6 Å². The fourth-order valence-electron chi connectivity index (χ4n) is 8.26. The molecule has 16 heteroatoms. The van der Waals surface area contributed by atoms with Crippen LogP contribution >= 0.6 is 0 Å². The average molecular weight is 825 g/mol. The summed E-state index contributed by atoms with van der Waals surface area (Å²) in [5.74, 6) is -0.635. The number of nitrogens with one attached hydrogen (secondary N) is 4. The summed E-state index contributed by atoms with van der Waals surface area (Å²) in [6.45, 7) is 13.3. The van der Waals surface area contributed by atoms with Crippen molar-refractivity contribution in [2.24, 2.45) is 17.3 Å². The van der Waals surface area contributed by atoms with Gasteiger partial charge in [0.05, 0.1) is 50.3 Å². The summed E-state index contributed by atoms with van der Waals surface area (Å²) in [5.41, 5.74) is 5.15. The second-order valence-electron chi connectivity index (χ2n) is 17.6. The summed E-state index contributed by atoms with van der Waals surface area (Å²) in [6.07, 6.45) is 3.70. The highest BCUT2D eigenvalue weighted by molar-refractivity contribution is 5.87. The molecule has 5 N–H and O–H groups in total. The number of methoxy groups -OCH3 is 1. The standard InChI is InChI=1S/C44H56N8O8/c1-25(2)35(49-41(55)56)39(53)51-18-8-9-33(51)37-45-20-31(47-37)29-14-10-27(11-15-29)28-12-16-30(17-13-28)32-21-46-38(48-32)34-19-44(59-23-43(5,6)24-60-44)22-52(34)40(54)36(26(3)4)50-42(57)58-7/h10-17,20-21,25-26,33-36,49H,8-9,18-19,22-24H2,1-7H3,(H,45,47)(H,46,48)(H,50,57)(H,55,56)/t33-,34-,35-,36-/m0/s1. The molecule has 4 atom stereocenters. The van der Waals surface area contributed by atoms with Crippen LogP contribution in [-0.2, 0) is 23.8 Å². The van der Waals surface area contributed by atoms with Crippen LogP contribution in [0.15, 0.2) is 60.9 Å². The number of imidazole rings is 2. The highest BCUT2D eigenvalue weighted by Crippen LogP contribution is 2.44. The number of aromatic nitrogens is 4. The van der Waals surface area contributed by atoms with Crippen molar-refractivity contribution in [1.29, 1.82) is 0 Å². The Morgan fingerprint density at radius 3 is 1.75 bits per heavy atom. The zero-order valence-electron chi connectivity index (χ0n) is 35.3. The van der Waals surface area contributed by atoms with Crippen molar-refractivity contribution in [3.05, 3.63) is 72.6 Å². The predicted molar refractivity (Wildman–Crippen MR) is 222 cm³/mol. The van der Waals surface area contributed by atoms with Crippen LogP contribution in [0.4, 0.5) is 9.59 Å². The number of H-pyrrole nitrogens is 2. The third-order valence-corrected chi connectivity index (χ3v) is 11.7. The van der Waals surface area contributed by atoms with Gasteiger partial charge < -0.3 is 49.7 Å². The monoisotopic (exact) mass is 824 g/mol. The summed E-state index contributed by atoms with van der Waals surface area (Å²) in [5, 5.41) is 14.4. The summed E-state index contributed by atoms with van der Waals surface area (Å²) in [4.78, 5) is 71.0. The Labute approximate surface area is 349 Å². The molecule has 4 amide bonds. The first kappa shape index (κ1) is 42.4. The number of aromatic amines is 2. The lowest BCUT2D eigenvalue weighted by Crippen LogP contribution is -2.53. The van der Waals surface area contributed by atoms with Gasteiger partial charge in [0, 0.05) is 41.9 Å². The number of amides is 4. The van der Waals surface area contributed by atoms with Crippen LogP contribution in [0.25, 0.3) is 33.6 Å². The third kappa shape index (κ3) is 8.89. The van der Waals surface area contributed by atoms with Gasteiger partial charge >= 0.3 is 12.2 Å². The van der Waals surface area contributed by atoms with Crippen molar-refractivity contribution in [1.82, 2.24) is 40.4 Å². The van der Waals surface area contributed by atoms with E-state index in [0.717, 1.165) is 46.5 Å². The average Bonchev–Trinajstić information content (AvgIpc) is 4.06. The molecule has 1 spiro atoms. The van der Waals surface area contributed by atoms with Crippen LogP contribution in [0.2, 0.25) is 0 Å². The van der Waals surface area contributed by atoms with Gasteiger partial charge in [-0.2, -0.15) is 0 Å². The van der Waals surface area contributed by atoms with E-state index in [1.54, 1.807) is 9.80 Å². The molecule has 0 aliphatic carbocycles. The van der Waals surface area contributed by atoms with Gasteiger partial charge in [-0.15, -0.1) is 0 Å². The molecular weight excluding hydrogens is 769 g/mol. The van der Waals surface area contributed by atoms with Crippen molar-refractivity contribution < 1.29 is 38.5 Å². The maximum absolute atomic E-state index is 14.1. The molecule has 320 valence electrons. The van der Waals surface area contributed by atoms with Crippen molar-refractivity contribution in [3.63, 3.8) is 0 Å². The minimum atomic E-state index is -1.22. The number of hydrogen-bond acceptors (Lipinski definition) is 9. The van der Waals surface area contributed by atoms with Gasteiger partial charge in [0.25, 0.3) is 0 Å². The number of alkyl carbamates (subject to hydrolysis) is 1. The van der Waals surface area contributed by atoms with Crippen molar-refractivity contribution in [2.75, 3.05) is 33.4 Å². The normalized spacial score (nSPS) is 20.7. The molecule has 0 radical (unpaired) electrons. The topological polar surface area (TPSA) is 204 Å². The quantitative estimate of drug-likeness (QED) is 0.111. The number of benzene rings is 2. The van der Waals surface area contributed by atoms with E-state index < -0.39 is 36.1 Å². The first-order valence-electron chi connectivity index (χ1n) is 20.6. The van der Waals surface area contributed by atoms with Crippen LogP contribution in [0.1, 0.15) is 84.5 Å². The fraction of sp³-hybridized carbons (Fsp3) is 0.500. The largest absolute Gasteiger partial charge is 0.465 e. The van der Waals surface area contributed by atoms with Gasteiger partial charge in [-0.1, -0.05) is 90.1 Å². The molecule has 3 aliphatic heterocycles. The first-order chi connectivity index (χ1) is 28.6. The van der Waals surface area contributed by atoms with E-state index in [1.165, 1.54) is 7.11 Å². The summed E-state index contributed by atoms with van der Waals surface area (Å²) in [7, 11) is 1.27. The van der Waals surface area contributed by atoms with Gasteiger partial charge in [0.2, 0.25) is 11.8 Å². The van der Waals surface area contributed by atoms with Crippen LogP contribution < -0.4 is 10.6 Å². The SMILES string of the molecule is COC(=O)N[C@H](C(=O)N1CC2(C[C@H]1c1nc(-c3ccc(-c4ccc(-c5c[nH]c([C@@H]6CCCN6C(=O)[C@@H](NC(=O)O)C(C)C)n5)cc4)cc3)c[nH]1)OCC(C)(C)CO2)C(C)C. The summed E-state index contributed by atoms with van der Waals surface area (Å²) >= 11 is 0. The van der Waals surface area contributed by atoms with Crippen molar-refractivity contribution >= 4 is 24.0 Å². The maximum atomic E-state index is 14.1. The number of ether oxygens (including phenoxy) is 3. The van der Waals surface area contributed by atoms with Crippen molar-refractivity contribution in [3.8, 4) is 33.6 Å². The first-order valence-corrected chi connectivity index (χ1v) is 20.6. The van der Waals surface area contributed by atoms with E-state index in [0.29, 0.717) is 37.8 Å². The van der Waals surface area contributed by atoms with E-state index in [1.807, 2.05) is 88.6 Å². The van der Waals surface area contributed by atoms with Crippen molar-refractivity contribution in [2.45, 2.75) is 90.8 Å². The summed E-state index contributed by atoms with van der Waals surface area (Å²) in [6, 6.07) is 13.8. The molecule has 0 bridgehead atoms. The number of nitrogens with zero attached hydrogens (tertiary/aromatic N) is 4. The number of rotatable bonds is 11. The zero-order chi connectivity index (χ0) is 42.9. The molecule has 0 unspecified atom stereocenters. The Balaban J connectivity index is 1.05. The number of hydrogen-bond donors (Lipinski definition) is 5. The second kappa shape index (κ2) is 17.1. The van der Waals surface area contributed by atoms with Gasteiger partial charge in [-0.05, 0) is 35.8 Å². The molecule has 3 fully saturated rings. The lowest BCUT2D eigenvalue weighted by molar-refractivity contribution is -0.290. The molecule has 5 heterocycles. The number of carboxylic acid groups (broad SMARTS) is 1. The Hall–Kier alpha value is -5.74. The van der Waals surface area contributed by atoms with Gasteiger partial charge in [0.1, 0.15) is 23.7 Å². The molecule has 16 nitrogen and oxygen atoms in total. The maximum Gasteiger partial charge on any atom is 0.407 e. The highest BCUT2D eigenvalue weighted by Gasteiger charge is 2.53. The molecule has 60 heavy (non-hydrogen) atoms. The van der Waals surface area contributed by atoms with Crippen LogP contribution in [-0.4, -0.2) is 110 Å². The lowest BCUT2D eigenvalue weighted by Gasteiger charge is -2.41. The predicted octanol–water partition coefficient (Wildman–Crippen LogP) is 6.51. The Kier molecular flexibility index (Phi) is 12.1. The van der Waals surface area contributed by atoms with Crippen LogP contribution in [0.5, 0.6) is 0 Å². The van der Waals surface area contributed by atoms with E-state index in [4.69, 9.17) is 24.2 Å². The second-order valence-corrected chi connectivity index (χ2v) is 17.6. The number of likely N-dealkylation sites (tertiary alicyclic amines) is 2. The molecule has 0 saturated carbocycles. The van der Waals surface area contributed by atoms with E-state index in [9.17, 15) is 24.3 Å². The lowest BCUT2D eigenvalue weighted by atomic mass is 9.94. The minimum Gasteiger partial charge on any atom is -0.465 e. The Morgan fingerprint density at radius 2 is 1.25 bits per heavy atom. The molecule has 7 rings (SSSR count). The fourth-order valence-corrected chi connectivity index (χ4v) is 8.26. The van der Waals surface area contributed by atoms with Crippen LogP contribution in [0.3, 0.4) is 0 Å². The molecule has 2 aromatic carbocycles. The Morgan fingerprint density at radius 1 is 0.767 bits per heavy atom. The molecular formula is C44H56N8O8. The van der Waals surface area contributed by atoms with Crippen LogP contribution in [0, 0.1) is 17.3 Å². The van der Waals surface area contributed by atoms with E-state index in [-0.39, 0.29) is 41.7 Å². The summed E-state index contributed by atoms with van der Waals surface area (Å²) < 4.78 is 17.5. The molecule has 2 aromatic heterocycles. The van der Waals surface area contributed by atoms with E-state index in [2.05, 4.69) is 34.4 Å².